The molecule has 2 heterocycles. The number of aromatic nitrogens is 2. The van der Waals surface area contributed by atoms with Gasteiger partial charge in [-0.15, -0.1) is 0 Å². The monoisotopic (exact) mass is 219 g/mol. The first-order valence-electron chi connectivity index (χ1n) is 5.07. The Morgan fingerprint density at radius 2 is 2.44 bits per heavy atom. The average Bonchev–Trinajstić information content (AvgIpc) is 2.89. The van der Waals surface area contributed by atoms with Crippen molar-refractivity contribution in [1.29, 1.82) is 0 Å². The molecule has 0 unspecified atom stereocenters. The summed E-state index contributed by atoms with van der Waals surface area (Å²) in [6.07, 6.45) is 4.08. The van der Waals surface area contributed by atoms with E-state index in [1.807, 2.05) is 0 Å². The number of carbonyl (C=O) groups is 1. The van der Waals surface area contributed by atoms with Gasteiger partial charge in [0.15, 0.2) is 5.76 Å². The van der Waals surface area contributed by atoms with Gasteiger partial charge >= 0.3 is 0 Å². The van der Waals surface area contributed by atoms with E-state index in [-0.39, 0.29) is 5.91 Å². The van der Waals surface area contributed by atoms with Gasteiger partial charge in [-0.05, 0) is 19.1 Å². The molecule has 0 aromatic carbocycles. The maximum absolute atomic E-state index is 11.6. The summed E-state index contributed by atoms with van der Waals surface area (Å²) in [5.74, 6) is 0.897. The maximum Gasteiger partial charge on any atom is 0.287 e. The Balaban J connectivity index is 1.80. The third-order valence-electron chi connectivity index (χ3n) is 2.20. The molecule has 0 spiro atoms. The number of furan rings is 1. The molecular formula is C11H13N3O2. The van der Waals surface area contributed by atoms with E-state index >= 15 is 0 Å². The molecule has 0 saturated heterocycles. The molecule has 16 heavy (non-hydrogen) atoms. The molecule has 0 aliphatic carbocycles. The number of aryl methyl sites for hydroxylation is 1. The van der Waals surface area contributed by atoms with Crippen LogP contribution in [0.3, 0.4) is 0 Å². The molecule has 0 fully saturated rings. The van der Waals surface area contributed by atoms with E-state index in [0.717, 1.165) is 17.9 Å². The summed E-state index contributed by atoms with van der Waals surface area (Å²) in [6.45, 7) is 2.36. The Bertz CT molecular complexity index is 459. The molecule has 0 saturated carbocycles. The number of hydrogen-bond donors (Lipinski definition) is 2. The molecule has 5 nitrogen and oxygen atoms in total. The molecule has 0 aliphatic heterocycles. The van der Waals surface area contributed by atoms with Crippen molar-refractivity contribution in [2.75, 3.05) is 6.54 Å². The number of H-pyrrole nitrogens is 1. The molecule has 2 rings (SSSR count). The molecule has 0 bridgehead atoms. The topological polar surface area (TPSA) is 70.9 Å². The molecule has 0 aliphatic rings. The highest BCUT2D eigenvalue weighted by Crippen LogP contribution is 2.05. The highest BCUT2D eigenvalue weighted by atomic mass is 16.3. The number of nitrogens with zero attached hydrogens (tertiary/aromatic N) is 1. The van der Waals surface area contributed by atoms with Gasteiger partial charge < -0.3 is 14.7 Å². The van der Waals surface area contributed by atoms with Crippen molar-refractivity contribution in [2.45, 2.75) is 13.3 Å². The Hall–Kier alpha value is -2.04. The fourth-order valence-corrected chi connectivity index (χ4v) is 1.38. The van der Waals surface area contributed by atoms with Gasteiger partial charge in [0.1, 0.15) is 5.76 Å². The minimum atomic E-state index is -0.187. The van der Waals surface area contributed by atoms with Crippen LogP contribution < -0.4 is 5.32 Å². The minimum absolute atomic E-state index is 0.187. The molecule has 0 radical (unpaired) electrons. The minimum Gasteiger partial charge on any atom is -0.456 e. The first-order chi connectivity index (χ1) is 7.75. The van der Waals surface area contributed by atoms with Gasteiger partial charge in [-0.1, -0.05) is 0 Å². The SMILES string of the molecule is Cc1ccc(C(=O)NCCc2cnc[nH]2)o1. The van der Waals surface area contributed by atoms with Gasteiger partial charge in [0.05, 0.1) is 6.33 Å². The second-order valence-corrected chi connectivity index (χ2v) is 3.49. The Morgan fingerprint density at radius 1 is 1.56 bits per heavy atom. The zero-order valence-electron chi connectivity index (χ0n) is 8.99. The number of amides is 1. The number of hydrogen-bond acceptors (Lipinski definition) is 3. The second-order valence-electron chi connectivity index (χ2n) is 3.49. The van der Waals surface area contributed by atoms with Crippen LogP contribution >= 0.6 is 0 Å². The van der Waals surface area contributed by atoms with Crippen molar-refractivity contribution in [3.05, 3.63) is 41.9 Å². The Labute approximate surface area is 92.9 Å². The van der Waals surface area contributed by atoms with E-state index in [1.165, 1.54) is 0 Å². The van der Waals surface area contributed by atoms with Crippen molar-refractivity contribution in [3.8, 4) is 0 Å². The van der Waals surface area contributed by atoms with E-state index in [1.54, 1.807) is 31.6 Å². The van der Waals surface area contributed by atoms with Crippen molar-refractivity contribution in [1.82, 2.24) is 15.3 Å². The first kappa shape index (κ1) is 10.5. The van der Waals surface area contributed by atoms with Crippen molar-refractivity contribution in [3.63, 3.8) is 0 Å². The lowest BCUT2D eigenvalue weighted by Crippen LogP contribution is -2.25. The summed E-state index contributed by atoms with van der Waals surface area (Å²) in [7, 11) is 0. The largest absolute Gasteiger partial charge is 0.456 e. The van der Waals surface area contributed by atoms with Gasteiger partial charge in [-0.2, -0.15) is 0 Å². The van der Waals surface area contributed by atoms with Gasteiger partial charge in [0.2, 0.25) is 0 Å². The third kappa shape index (κ3) is 2.50. The lowest BCUT2D eigenvalue weighted by Gasteiger charge is -2.01. The number of nitrogens with one attached hydrogen (secondary N) is 2. The van der Waals surface area contributed by atoms with E-state index in [4.69, 9.17) is 4.42 Å². The lowest BCUT2D eigenvalue weighted by molar-refractivity contribution is 0.0925. The van der Waals surface area contributed by atoms with Crippen LogP contribution in [0.15, 0.2) is 29.1 Å². The van der Waals surface area contributed by atoms with Crippen LogP contribution in [-0.2, 0) is 6.42 Å². The lowest BCUT2D eigenvalue weighted by atomic mass is 10.3. The van der Waals surface area contributed by atoms with Crippen LogP contribution in [0.25, 0.3) is 0 Å². The van der Waals surface area contributed by atoms with Crippen LogP contribution in [0.4, 0.5) is 0 Å². The molecule has 1 amide bonds. The van der Waals surface area contributed by atoms with Gasteiger partial charge in [-0.3, -0.25) is 4.79 Å². The number of rotatable bonds is 4. The van der Waals surface area contributed by atoms with Crippen LogP contribution in [-0.4, -0.2) is 22.4 Å². The normalized spacial score (nSPS) is 10.3. The van der Waals surface area contributed by atoms with Crippen LogP contribution in [0.1, 0.15) is 22.0 Å². The van der Waals surface area contributed by atoms with E-state index in [2.05, 4.69) is 15.3 Å². The predicted molar refractivity (Wildman–Crippen MR) is 58.1 cm³/mol. The number of aromatic amines is 1. The first-order valence-corrected chi connectivity index (χ1v) is 5.07. The molecular weight excluding hydrogens is 206 g/mol. The smallest absolute Gasteiger partial charge is 0.287 e. The zero-order valence-corrected chi connectivity index (χ0v) is 8.99. The van der Waals surface area contributed by atoms with E-state index < -0.39 is 0 Å². The zero-order chi connectivity index (χ0) is 11.4. The predicted octanol–water partition coefficient (Wildman–Crippen LogP) is 1.28. The standard InChI is InChI=1S/C11H13N3O2/c1-8-2-3-10(16-8)11(15)13-5-4-9-6-12-7-14-9/h2-3,6-7H,4-5H2,1H3,(H,12,14)(H,13,15). The summed E-state index contributed by atoms with van der Waals surface area (Å²) in [4.78, 5) is 18.4. The number of imidazole rings is 1. The second kappa shape index (κ2) is 4.65. The van der Waals surface area contributed by atoms with Crippen molar-refractivity contribution >= 4 is 5.91 Å². The fraction of sp³-hybridized carbons (Fsp3) is 0.273. The van der Waals surface area contributed by atoms with Crippen LogP contribution in [0.5, 0.6) is 0 Å². The molecule has 0 atom stereocenters. The van der Waals surface area contributed by atoms with E-state index in [0.29, 0.717) is 12.3 Å². The van der Waals surface area contributed by atoms with Gasteiger partial charge in [-0.25, -0.2) is 4.98 Å². The molecule has 84 valence electrons. The number of carbonyl (C=O) groups excluding carboxylic acids is 1. The van der Waals surface area contributed by atoms with Crippen molar-refractivity contribution < 1.29 is 9.21 Å². The highest BCUT2D eigenvalue weighted by molar-refractivity contribution is 5.91. The summed E-state index contributed by atoms with van der Waals surface area (Å²) < 4.78 is 5.20. The molecule has 2 aromatic heterocycles. The quantitative estimate of drug-likeness (QED) is 0.813. The fourth-order valence-electron chi connectivity index (χ4n) is 1.38. The summed E-state index contributed by atoms with van der Waals surface area (Å²) in [5.41, 5.74) is 0.996. The molecule has 2 N–H and O–H groups in total. The molecule has 5 heteroatoms. The molecule has 2 aromatic rings. The van der Waals surface area contributed by atoms with Crippen LogP contribution in [0.2, 0.25) is 0 Å². The summed E-state index contributed by atoms with van der Waals surface area (Å²) in [6, 6.07) is 3.44. The summed E-state index contributed by atoms with van der Waals surface area (Å²) in [5, 5.41) is 2.77. The highest BCUT2D eigenvalue weighted by Gasteiger charge is 2.08. The third-order valence-corrected chi connectivity index (χ3v) is 2.20. The Kier molecular flexibility index (Phi) is 3.05. The van der Waals surface area contributed by atoms with Gasteiger partial charge in [0.25, 0.3) is 5.91 Å². The van der Waals surface area contributed by atoms with E-state index in [9.17, 15) is 4.79 Å². The van der Waals surface area contributed by atoms with Crippen molar-refractivity contribution in [2.24, 2.45) is 0 Å². The van der Waals surface area contributed by atoms with Crippen LogP contribution in [0, 0.1) is 6.92 Å². The van der Waals surface area contributed by atoms with Gasteiger partial charge in [0, 0.05) is 24.9 Å². The average molecular weight is 219 g/mol. The summed E-state index contributed by atoms with van der Waals surface area (Å²) >= 11 is 0. The Morgan fingerprint density at radius 3 is 3.06 bits per heavy atom. The maximum atomic E-state index is 11.6.